The van der Waals surface area contributed by atoms with Crippen molar-refractivity contribution < 1.29 is 38.1 Å². The van der Waals surface area contributed by atoms with E-state index in [1.54, 1.807) is 37.3 Å². The normalized spacial score (nSPS) is 16.5. The second-order valence-electron chi connectivity index (χ2n) is 7.06. The number of fused-ring (bicyclic) bond motifs is 1. The first kappa shape index (κ1) is 22.0. The summed E-state index contributed by atoms with van der Waals surface area (Å²) in [6.45, 7) is 1.54. The minimum Gasteiger partial charge on any atom is -0.497 e. The molecule has 2 aliphatic rings. The molecule has 2 amide bonds. The molecule has 0 spiro atoms. The Balaban J connectivity index is 1.60. The fourth-order valence-corrected chi connectivity index (χ4v) is 3.47. The number of rotatable bonds is 7. The number of carbonyl (C=O) groups is 3. The van der Waals surface area contributed by atoms with Crippen molar-refractivity contribution >= 4 is 18.0 Å². The van der Waals surface area contributed by atoms with Gasteiger partial charge in [-0.05, 0) is 42.8 Å². The fourth-order valence-electron chi connectivity index (χ4n) is 3.47. The maximum atomic E-state index is 12.8. The first-order valence-corrected chi connectivity index (χ1v) is 10.2. The highest BCUT2D eigenvalue weighted by atomic mass is 16.7. The third-order valence-electron chi connectivity index (χ3n) is 5.05. The molecule has 2 aliphatic heterocycles. The highest BCUT2D eigenvalue weighted by Crippen LogP contribution is 2.33. The van der Waals surface area contributed by atoms with Gasteiger partial charge in [0.15, 0.2) is 11.5 Å². The van der Waals surface area contributed by atoms with Gasteiger partial charge in [-0.1, -0.05) is 12.1 Å². The van der Waals surface area contributed by atoms with E-state index in [0.717, 1.165) is 0 Å². The lowest BCUT2D eigenvalue weighted by molar-refractivity contribution is -0.139. The zero-order valence-electron chi connectivity index (χ0n) is 18.0. The molecule has 10 nitrogen and oxygen atoms in total. The lowest BCUT2D eigenvalue weighted by atomic mass is 9.95. The fraction of sp³-hybridized carbons (Fsp3) is 0.261. The predicted molar refractivity (Wildman–Crippen MR) is 114 cm³/mol. The molecule has 2 N–H and O–H groups in total. The number of esters is 2. The summed E-state index contributed by atoms with van der Waals surface area (Å²) in [5.74, 6) is 0.300. The van der Waals surface area contributed by atoms with Crippen LogP contribution in [0.5, 0.6) is 17.2 Å². The van der Waals surface area contributed by atoms with Crippen molar-refractivity contribution in [1.29, 1.82) is 0 Å². The number of carbonyl (C=O) groups excluding carboxylic acids is 3. The molecule has 0 bridgehead atoms. The van der Waals surface area contributed by atoms with E-state index in [1.165, 1.54) is 19.2 Å². The molecule has 0 aliphatic carbocycles. The molecule has 2 heterocycles. The van der Waals surface area contributed by atoms with Crippen molar-refractivity contribution in [2.75, 3.05) is 27.1 Å². The van der Waals surface area contributed by atoms with Gasteiger partial charge < -0.3 is 34.3 Å². The molecule has 0 saturated carbocycles. The molecule has 4 rings (SSSR count). The molecule has 0 saturated heterocycles. The Morgan fingerprint density at radius 2 is 1.79 bits per heavy atom. The summed E-state index contributed by atoms with van der Waals surface area (Å²) in [4.78, 5) is 37.7. The Bertz CT molecular complexity index is 1110. The maximum absolute atomic E-state index is 12.8. The van der Waals surface area contributed by atoms with Gasteiger partial charge in [0.25, 0.3) is 0 Å². The van der Waals surface area contributed by atoms with Crippen molar-refractivity contribution in [2.45, 2.75) is 13.0 Å². The van der Waals surface area contributed by atoms with Crippen LogP contribution in [-0.2, 0) is 14.3 Å². The number of ether oxygens (including phenoxy) is 5. The molecule has 1 unspecified atom stereocenters. The van der Waals surface area contributed by atoms with E-state index < -0.39 is 24.0 Å². The highest BCUT2D eigenvalue weighted by molar-refractivity contribution is 5.95. The standard InChI is InChI=1S/C23H22N2O8/c1-3-30-22(27)19-16(11-31-21(26)14-6-9-17-18(10-14)33-12-32-17)24-23(28)25-20(19)13-4-7-15(29-2)8-5-13/h4-10,20H,3,11-12H2,1-2H3,(H2,24,25,28). The lowest BCUT2D eigenvalue weighted by Gasteiger charge is -2.29. The van der Waals surface area contributed by atoms with E-state index in [4.69, 9.17) is 23.7 Å². The Labute approximate surface area is 189 Å². The van der Waals surface area contributed by atoms with Crippen LogP contribution in [-0.4, -0.2) is 45.1 Å². The van der Waals surface area contributed by atoms with Crippen LogP contribution in [0.2, 0.25) is 0 Å². The van der Waals surface area contributed by atoms with E-state index in [2.05, 4.69) is 10.6 Å². The Hall–Kier alpha value is -4.21. The average molecular weight is 454 g/mol. The van der Waals surface area contributed by atoms with Gasteiger partial charge in [0.2, 0.25) is 6.79 Å². The number of hydrogen-bond donors (Lipinski definition) is 2. The van der Waals surface area contributed by atoms with Crippen LogP contribution >= 0.6 is 0 Å². The Morgan fingerprint density at radius 1 is 1.03 bits per heavy atom. The first-order valence-electron chi connectivity index (χ1n) is 10.2. The van der Waals surface area contributed by atoms with Gasteiger partial charge in [0.1, 0.15) is 12.4 Å². The maximum Gasteiger partial charge on any atom is 0.338 e. The molecular weight excluding hydrogens is 432 g/mol. The van der Waals surface area contributed by atoms with Crippen molar-refractivity contribution in [3.8, 4) is 17.2 Å². The smallest absolute Gasteiger partial charge is 0.338 e. The topological polar surface area (TPSA) is 121 Å². The van der Waals surface area contributed by atoms with E-state index in [0.29, 0.717) is 22.8 Å². The van der Waals surface area contributed by atoms with E-state index in [1.807, 2.05) is 0 Å². The van der Waals surface area contributed by atoms with Gasteiger partial charge in [0, 0.05) is 0 Å². The number of urea groups is 1. The molecule has 2 aromatic rings. The number of benzene rings is 2. The molecule has 10 heteroatoms. The summed E-state index contributed by atoms with van der Waals surface area (Å²) in [6.07, 6.45) is 0. The Morgan fingerprint density at radius 3 is 2.52 bits per heavy atom. The minimum atomic E-state index is -0.803. The first-order chi connectivity index (χ1) is 16.0. The highest BCUT2D eigenvalue weighted by Gasteiger charge is 2.34. The second kappa shape index (κ2) is 9.51. The van der Waals surface area contributed by atoms with Gasteiger partial charge in [-0.15, -0.1) is 0 Å². The monoisotopic (exact) mass is 454 g/mol. The minimum absolute atomic E-state index is 0.0788. The zero-order valence-corrected chi connectivity index (χ0v) is 18.0. The van der Waals surface area contributed by atoms with Gasteiger partial charge in [-0.3, -0.25) is 0 Å². The third-order valence-corrected chi connectivity index (χ3v) is 5.05. The molecule has 33 heavy (non-hydrogen) atoms. The van der Waals surface area contributed by atoms with Gasteiger partial charge in [-0.25, -0.2) is 14.4 Å². The second-order valence-corrected chi connectivity index (χ2v) is 7.06. The molecule has 1 atom stereocenters. The number of methoxy groups -OCH3 is 1. The zero-order chi connectivity index (χ0) is 23.4. The average Bonchev–Trinajstić information content (AvgIpc) is 3.30. The lowest BCUT2D eigenvalue weighted by Crippen LogP contribution is -2.47. The summed E-state index contributed by atoms with van der Waals surface area (Å²) in [5, 5.41) is 5.28. The summed E-state index contributed by atoms with van der Waals surface area (Å²) < 4.78 is 26.3. The van der Waals surface area contributed by atoms with Crippen LogP contribution in [0.1, 0.15) is 28.9 Å². The summed E-state index contributed by atoms with van der Waals surface area (Å²) in [6, 6.07) is 10.2. The molecule has 0 fully saturated rings. The van der Waals surface area contributed by atoms with Crippen molar-refractivity contribution in [3.63, 3.8) is 0 Å². The van der Waals surface area contributed by atoms with Crippen molar-refractivity contribution in [2.24, 2.45) is 0 Å². The van der Waals surface area contributed by atoms with Crippen LogP contribution in [0, 0.1) is 0 Å². The summed E-state index contributed by atoms with van der Waals surface area (Å²) in [5.41, 5.74) is 1.14. The molecule has 0 radical (unpaired) electrons. The molecule has 2 aromatic carbocycles. The van der Waals surface area contributed by atoms with E-state index >= 15 is 0 Å². The van der Waals surface area contributed by atoms with Crippen LogP contribution in [0.15, 0.2) is 53.7 Å². The molecule has 172 valence electrons. The van der Waals surface area contributed by atoms with Crippen LogP contribution < -0.4 is 24.8 Å². The Kier molecular flexibility index (Phi) is 6.34. The largest absolute Gasteiger partial charge is 0.497 e. The third kappa shape index (κ3) is 4.69. The van der Waals surface area contributed by atoms with Gasteiger partial charge in [0.05, 0.1) is 36.6 Å². The molecule has 0 aromatic heterocycles. The number of hydrogen-bond acceptors (Lipinski definition) is 8. The summed E-state index contributed by atoms with van der Waals surface area (Å²) >= 11 is 0. The predicted octanol–water partition coefficient (Wildman–Crippen LogP) is 2.45. The number of amides is 2. The van der Waals surface area contributed by atoms with Gasteiger partial charge in [-0.2, -0.15) is 0 Å². The number of nitrogens with one attached hydrogen (secondary N) is 2. The molecular formula is C23H22N2O8. The van der Waals surface area contributed by atoms with Crippen LogP contribution in [0.3, 0.4) is 0 Å². The quantitative estimate of drug-likeness (QED) is 0.612. The van der Waals surface area contributed by atoms with Crippen molar-refractivity contribution in [3.05, 3.63) is 64.9 Å². The van der Waals surface area contributed by atoms with Crippen LogP contribution in [0.4, 0.5) is 4.79 Å². The van der Waals surface area contributed by atoms with Crippen molar-refractivity contribution in [1.82, 2.24) is 10.6 Å². The van der Waals surface area contributed by atoms with E-state index in [-0.39, 0.29) is 36.8 Å². The SMILES string of the molecule is CCOC(=O)C1=C(COC(=O)c2ccc3c(c2)OCO3)NC(=O)NC1c1ccc(OC)cc1. The van der Waals surface area contributed by atoms with Gasteiger partial charge >= 0.3 is 18.0 Å². The van der Waals surface area contributed by atoms with E-state index in [9.17, 15) is 14.4 Å². The van der Waals surface area contributed by atoms with Crippen LogP contribution in [0.25, 0.3) is 0 Å². The summed E-state index contributed by atoms with van der Waals surface area (Å²) in [7, 11) is 1.54.